The summed E-state index contributed by atoms with van der Waals surface area (Å²) in [6.45, 7) is 14.1. The van der Waals surface area contributed by atoms with Gasteiger partial charge in [0, 0.05) is 0 Å². The van der Waals surface area contributed by atoms with Crippen molar-refractivity contribution >= 4 is 13.3 Å². The van der Waals surface area contributed by atoms with Gasteiger partial charge >= 0.3 is 26.2 Å². The monoisotopic (exact) mass is 492 g/mol. The molecular weight excluding hydrogens is 466 g/mol. The van der Waals surface area contributed by atoms with Gasteiger partial charge in [0.2, 0.25) is 0 Å². The van der Waals surface area contributed by atoms with Gasteiger partial charge in [-0.25, -0.2) is 5.57 Å². The van der Waals surface area contributed by atoms with Crippen molar-refractivity contribution in [3.05, 3.63) is 53.1 Å². The molecule has 0 spiro atoms. The molecule has 0 aromatic heterocycles. The van der Waals surface area contributed by atoms with Crippen molar-refractivity contribution in [2.45, 2.75) is 65.1 Å². The van der Waals surface area contributed by atoms with Gasteiger partial charge in [-0.1, -0.05) is 93.7 Å². The molecule has 0 N–H and O–H groups in total. The Morgan fingerprint density at radius 2 is 1.52 bits per heavy atom. The predicted molar refractivity (Wildman–Crippen MR) is 96.6 cm³/mol. The molecule has 1 aromatic rings. The minimum atomic E-state index is -1.67. The number of halogens is 3. The summed E-state index contributed by atoms with van der Waals surface area (Å²) in [6, 6.07) is 12.6. The molecule has 0 saturated carbocycles. The first kappa shape index (κ1) is 30.4. The molecule has 0 heterocycles. The molecule has 1 aromatic carbocycles. The van der Waals surface area contributed by atoms with Crippen LogP contribution >= 0.6 is 0 Å². The van der Waals surface area contributed by atoms with Crippen molar-refractivity contribution in [2.24, 2.45) is 0 Å². The molecule has 2 rings (SSSR count). The van der Waals surface area contributed by atoms with E-state index in [0.29, 0.717) is 0 Å². The Labute approximate surface area is 193 Å². The Kier molecular flexibility index (Phi) is 14.8. The molecule has 1 aliphatic carbocycles. The molecule has 138 valence electrons. The van der Waals surface area contributed by atoms with Crippen LogP contribution < -0.4 is 42.4 Å². The molecule has 1 aliphatic rings. The number of benzene rings is 1. The SMILES string of the molecule is CCCC[Si](C)(c1ccccc1)C1(C)[C-]=C(C)C(C)=C1C.[Cl-].[Cl-].[Cl-].[Zr+4]. The molecule has 5 heteroatoms. The van der Waals surface area contributed by atoms with Gasteiger partial charge in [-0.3, -0.25) is 6.08 Å². The third-order valence-corrected chi connectivity index (χ3v) is 11.5. The molecule has 2 atom stereocenters. The van der Waals surface area contributed by atoms with Crippen molar-refractivity contribution in [1.82, 2.24) is 0 Å². The van der Waals surface area contributed by atoms with Crippen LogP contribution in [0, 0.1) is 6.08 Å². The average Bonchev–Trinajstić information content (AvgIpc) is 2.70. The first-order chi connectivity index (χ1) is 9.87. The van der Waals surface area contributed by atoms with Gasteiger partial charge < -0.3 is 37.2 Å². The van der Waals surface area contributed by atoms with E-state index in [0.717, 1.165) is 0 Å². The van der Waals surface area contributed by atoms with Gasteiger partial charge in [0.25, 0.3) is 0 Å². The summed E-state index contributed by atoms with van der Waals surface area (Å²) in [6.07, 6.45) is 6.48. The maximum Gasteiger partial charge on any atom is 4.00 e. The van der Waals surface area contributed by atoms with E-state index >= 15 is 0 Å². The summed E-state index contributed by atoms with van der Waals surface area (Å²) in [5, 5.41) is 1.72. The van der Waals surface area contributed by atoms with Crippen LogP contribution in [-0.2, 0) is 26.2 Å². The third kappa shape index (κ3) is 5.58. The van der Waals surface area contributed by atoms with E-state index in [-0.39, 0.29) is 68.5 Å². The number of hydrogen-bond donors (Lipinski definition) is 0. The fraction of sp³-hybridized carbons (Fsp3) is 0.500. The number of allylic oxidation sites excluding steroid dienone is 4. The van der Waals surface area contributed by atoms with E-state index in [1.54, 1.807) is 10.8 Å². The zero-order chi connectivity index (χ0) is 15.7. The first-order valence-corrected chi connectivity index (χ1v) is 10.9. The summed E-state index contributed by atoms with van der Waals surface area (Å²) in [7, 11) is -1.67. The molecule has 0 amide bonds. The van der Waals surface area contributed by atoms with Crippen molar-refractivity contribution in [3.8, 4) is 0 Å². The van der Waals surface area contributed by atoms with Crippen LogP contribution in [0.3, 0.4) is 0 Å². The molecule has 2 unspecified atom stereocenters. The Morgan fingerprint density at radius 1 is 1.00 bits per heavy atom. The Morgan fingerprint density at radius 3 is 1.92 bits per heavy atom. The molecule has 0 bridgehead atoms. The van der Waals surface area contributed by atoms with Crippen LogP contribution in [0.2, 0.25) is 17.6 Å². The van der Waals surface area contributed by atoms with Gasteiger partial charge in [0.1, 0.15) is 0 Å². The van der Waals surface area contributed by atoms with Gasteiger partial charge in [-0.2, -0.15) is 11.1 Å². The molecule has 0 aliphatic heterocycles. The van der Waals surface area contributed by atoms with Gasteiger partial charge in [0.05, 0.1) is 8.07 Å². The minimum Gasteiger partial charge on any atom is -1.00 e. The number of rotatable bonds is 5. The number of hydrogen-bond acceptors (Lipinski definition) is 0. The topological polar surface area (TPSA) is 0 Å². The van der Waals surface area contributed by atoms with Crippen LogP contribution in [0.25, 0.3) is 0 Å². The quantitative estimate of drug-likeness (QED) is 0.296. The van der Waals surface area contributed by atoms with Gasteiger partial charge in [-0.05, 0) is 0 Å². The van der Waals surface area contributed by atoms with E-state index in [9.17, 15) is 0 Å². The van der Waals surface area contributed by atoms with Gasteiger partial charge in [0.15, 0.2) is 0 Å². The zero-order valence-corrected chi connectivity index (χ0v) is 21.9. The summed E-state index contributed by atoms with van der Waals surface area (Å²) in [4.78, 5) is 0. The molecule has 25 heavy (non-hydrogen) atoms. The second-order valence-corrected chi connectivity index (χ2v) is 11.7. The van der Waals surface area contributed by atoms with Crippen LogP contribution in [0.4, 0.5) is 0 Å². The fourth-order valence-corrected chi connectivity index (χ4v) is 8.62. The molecule has 0 saturated heterocycles. The maximum absolute atomic E-state index is 3.88. The Bertz CT molecular complexity index is 586. The summed E-state index contributed by atoms with van der Waals surface area (Å²) < 4.78 is 0. The minimum absolute atomic E-state index is 0. The van der Waals surface area contributed by atoms with Crippen molar-refractivity contribution in [1.29, 1.82) is 0 Å². The largest absolute Gasteiger partial charge is 4.00 e. The smallest absolute Gasteiger partial charge is 1.00 e. The van der Waals surface area contributed by atoms with Crippen LogP contribution in [0.15, 0.2) is 47.1 Å². The summed E-state index contributed by atoms with van der Waals surface area (Å²) >= 11 is 0. The van der Waals surface area contributed by atoms with E-state index in [4.69, 9.17) is 0 Å². The second kappa shape index (κ2) is 12.2. The molecular formula is C20H29Cl3SiZr. The van der Waals surface area contributed by atoms with Crippen LogP contribution in [0.1, 0.15) is 47.5 Å². The fourth-order valence-electron chi connectivity index (χ4n) is 3.79. The van der Waals surface area contributed by atoms with Crippen LogP contribution in [-0.4, -0.2) is 8.07 Å². The molecule has 0 nitrogen and oxygen atoms in total. The average molecular weight is 495 g/mol. The van der Waals surface area contributed by atoms with E-state index in [1.807, 2.05) is 0 Å². The molecule has 0 radical (unpaired) electrons. The van der Waals surface area contributed by atoms with Gasteiger partial charge in [-0.15, -0.1) is 6.92 Å². The zero-order valence-electron chi connectivity index (χ0n) is 16.1. The predicted octanol–water partition coefficient (Wildman–Crippen LogP) is -3.36. The second-order valence-electron chi connectivity index (χ2n) is 6.93. The van der Waals surface area contributed by atoms with Crippen molar-refractivity contribution in [3.63, 3.8) is 0 Å². The first-order valence-electron chi connectivity index (χ1n) is 8.22. The van der Waals surface area contributed by atoms with Crippen LogP contribution in [0.5, 0.6) is 0 Å². The van der Waals surface area contributed by atoms with E-state index < -0.39 is 8.07 Å². The van der Waals surface area contributed by atoms with Crippen molar-refractivity contribution in [2.75, 3.05) is 0 Å². The van der Waals surface area contributed by atoms with E-state index in [1.165, 1.54) is 30.0 Å². The third-order valence-electron chi connectivity index (χ3n) is 5.86. The van der Waals surface area contributed by atoms with Crippen molar-refractivity contribution < 1.29 is 63.4 Å². The normalized spacial score (nSPS) is 21.0. The standard InChI is InChI=1S/C20H29Si.3ClH.Zr/c1-7-8-14-21(6,19-12-10-9-11-13-19)20(5)15-16(2)17(3)18(20)4;;;;/h9-13H,7-8,14H2,1-6H3;3*1H;/q-1;;;;+4/p-3. The number of unbranched alkanes of at least 4 members (excludes halogenated alkanes) is 1. The summed E-state index contributed by atoms with van der Waals surface area (Å²) in [5.74, 6) is 0. The molecule has 0 fully saturated rings. The Balaban J connectivity index is -0.00000121. The Hall–Kier alpha value is 0.670. The summed E-state index contributed by atoms with van der Waals surface area (Å²) in [5.41, 5.74) is 4.37. The maximum atomic E-state index is 3.88. The van der Waals surface area contributed by atoms with E-state index in [2.05, 4.69) is 77.6 Å².